The Labute approximate surface area is 110 Å². The number of benzene rings is 1. The number of carbonyl (C=O) groups excluding carboxylic acids is 1. The molecule has 0 amide bonds. The molecule has 0 radical (unpaired) electrons. The first-order chi connectivity index (χ1) is 9.06. The highest BCUT2D eigenvalue weighted by atomic mass is 16.3. The molecule has 0 fully saturated rings. The van der Waals surface area contributed by atoms with Gasteiger partial charge in [0.2, 0.25) is 5.78 Å². The number of phenolic OH excluding ortho intramolecular Hbond substituents is 3. The van der Waals surface area contributed by atoms with E-state index < -0.39 is 11.5 Å². The zero-order valence-electron chi connectivity index (χ0n) is 10.5. The van der Waals surface area contributed by atoms with Crippen LogP contribution in [-0.4, -0.2) is 26.1 Å². The third-order valence-electron chi connectivity index (χ3n) is 2.93. The van der Waals surface area contributed by atoms with Gasteiger partial charge < -0.3 is 20.3 Å². The van der Waals surface area contributed by atoms with Crippen LogP contribution in [-0.2, 0) is 6.42 Å². The second-order valence-electron chi connectivity index (χ2n) is 4.28. The summed E-state index contributed by atoms with van der Waals surface area (Å²) in [7, 11) is 0. The van der Waals surface area contributed by atoms with Crippen molar-refractivity contribution in [1.82, 2.24) is 4.98 Å². The molecule has 0 bridgehead atoms. The Morgan fingerprint density at radius 3 is 2.58 bits per heavy atom. The summed E-state index contributed by atoms with van der Waals surface area (Å²) in [5, 5.41) is 29.6. The number of H-pyrrole nitrogens is 1. The largest absolute Gasteiger partial charge is 0.507 e. The highest BCUT2D eigenvalue weighted by Gasteiger charge is 2.23. The lowest BCUT2D eigenvalue weighted by molar-refractivity contribution is 0.102. The number of nitrogens with one attached hydrogen (secondary N) is 1. The molecule has 5 nitrogen and oxygen atoms in total. The van der Waals surface area contributed by atoms with Crippen molar-refractivity contribution in [3.63, 3.8) is 0 Å². The van der Waals surface area contributed by atoms with Crippen LogP contribution in [0.25, 0.3) is 0 Å². The number of aromatic hydroxyl groups is 3. The Bertz CT molecular complexity index is 602. The van der Waals surface area contributed by atoms with Crippen molar-refractivity contribution in [2.75, 3.05) is 0 Å². The summed E-state index contributed by atoms with van der Waals surface area (Å²) >= 11 is 0. The van der Waals surface area contributed by atoms with Gasteiger partial charge in [0.1, 0.15) is 22.8 Å². The third kappa shape index (κ3) is 2.27. The van der Waals surface area contributed by atoms with E-state index in [1.165, 1.54) is 0 Å². The van der Waals surface area contributed by atoms with Gasteiger partial charge in [-0.1, -0.05) is 13.3 Å². The van der Waals surface area contributed by atoms with E-state index in [1.807, 2.05) is 6.92 Å². The summed E-state index contributed by atoms with van der Waals surface area (Å²) in [5.41, 5.74) is 0.345. The van der Waals surface area contributed by atoms with Crippen molar-refractivity contribution in [3.8, 4) is 17.2 Å². The molecule has 1 aromatic carbocycles. The number of phenols is 3. The van der Waals surface area contributed by atoms with Gasteiger partial charge in [-0.3, -0.25) is 4.79 Å². The molecule has 1 aromatic heterocycles. The molecule has 19 heavy (non-hydrogen) atoms. The molecule has 2 aromatic rings. The van der Waals surface area contributed by atoms with Gasteiger partial charge in [-0.05, 0) is 18.6 Å². The van der Waals surface area contributed by atoms with E-state index >= 15 is 0 Å². The molecule has 0 spiro atoms. The van der Waals surface area contributed by atoms with Crippen LogP contribution in [0.2, 0.25) is 0 Å². The van der Waals surface area contributed by atoms with Crippen molar-refractivity contribution in [3.05, 3.63) is 41.2 Å². The highest BCUT2D eigenvalue weighted by molar-refractivity contribution is 6.11. The summed E-state index contributed by atoms with van der Waals surface area (Å²) < 4.78 is 0. The summed E-state index contributed by atoms with van der Waals surface area (Å²) in [6.07, 6.45) is 2.69. The normalized spacial score (nSPS) is 10.6. The van der Waals surface area contributed by atoms with Gasteiger partial charge in [-0.25, -0.2) is 0 Å². The Kier molecular flexibility index (Phi) is 3.46. The van der Waals surface area contributed by atoms with E-state index in [0.29, 0.717) is 12.8 Å². The lowest BCUT2D eigenvalue weighted by atomic mass is 9.98. The molecule has 0 aliphatic heterocycles. The first-order valence-electron chi connectivity index (χ1n) is 6.01. The van der Waals surface area contributed by atoms with Crippen molar-refractivity contribution in [2.24, 2.45) is 0 Å². The third-order valence-corrected chi connectivity index (χ3v) is 2.93. The van der Waals surface area contributed by atoms with E-state index in [0.717, 1.165) is 6.07 Å². The summed E-state index contributed by atoms with van der Waals surface area (Å²) in [5.74, 6) is -1.52. The minimum Gasteiger partial charge on any atom is -0.507 e. The van der Waals surface area contributed by atoms with Crippen molar-refractivity contribution in [2.45, 2.75) is 19.8 Å². The molecule has 0 saturated carbocycles. The number of carbonyl (C=O) groups is 1. The molecular formula is C14H15NO4. The van der Waals surface area contributed by atoms with Crippen LogP contribution in [0.4, 0.5) is 0 Å². The molecule has 1 heterocycles. The molecule has 100 valence electrons. The highest BCUT2D eigenvalue weighted by Crippen LogP contribution is 2.39. The molecule has 5 heteroatoms. The van der Waals surface area contributed by atoms with Gasteiger partial charge in [-0.2, -0.15) is 0 Å². The Balaban J connectivity index is 2.57. The van der Waals surface area contributed by atoms with Gasteiger partial charge in [0, 0.05) is 17.8 Å². The standard InChI is InChI=1S/C14H15NO4/c1-2-4-8-10(16)7-11(17)12(13(8)18)14(19)9-5-3-6-15-9/h3,5-7,15-18H,2,4H2,1H3. The van der Waals surface area contributed by atoms with Crippen LogP contribution in [0, 0.1) is 0 Å². The summed E-state index contributed by atoms with van der Waals surface area (Å²) in [4.78, 5) is 14.9. The average molecular weight is 261 g/mol. The second-order valence-corrected chi connectivity index (χ2v) is 4.28. The fraction of sp³-hybridized carbons (Fsp3) is 0.214. The van der Waals surface area contributed by atoms with Gasteiger partial charge >= 0.3 is 0 Å². The predicted octanol–water partition coefficient (Wildman–Crippen LogP) is 2.31. The number of ketones is 1. The molecular weight excluding hydrogens is 246 g/mol. The van der Waals surface area contributed by atoms with E-state index in [1.54, 1.807) is 18.3 Å². The van der Waals surface area contributed by atoms with Crippen LogP contribution in [0.5, 0.6) is 17.2 Å². The Morgan fingerprint density at radius 1 is 1.26 bits per heavy atom. The Morgan fingerprint density at radius 2 is 2.00 bits per heavy atom. The lowest BCUT2D eigenvalue weighted by Gasteiger charge is -2.12. The zero-order valence-corrected chi connectivity index (χ0v) is 10.5. The smallest absolute Gasteiger partial charge is 0.216 e. The maximum atomic E-state index is 12.2. The topological polar surface area (TPSA) is 93.5 Å². The van der Waals surface area contributed by atoms with Gasteiger partial charge in [-0.15, -0.1) is 0 Å². The second kappa shape index (κ2) is 5.06. The fourth-order valence-corrected chi connectivity index (χ4v) is 2.01. The van der Waals surface area contributed by atoms with Crippen LogP contribution in [0.1, 0.15) is 35.0 Å². The van der Waals surface area contributed by atoms with E-state index in [2.05, 4.69) is 4.98 Å². The minimum atomic E-state index is -0.516. The average Bonchev–Trinajstić information content (AvgIpc) is 2.87. The molecule has 0 aliphatic rings. The number of hydrogen-bond donors (Lipinski definition) is 4. The predicted molar refractivity (Wildman–Crippen MR) is 69.7 cm³/mol. The molecule has 0 atom stereocenters. The quantitative estimate of drug-likeness (QED) is 0.635. The SMILES string of the molecule is CCCc1c(O)cc(O)c(C(=O)c2ccc[nH]2)c1O. The summed E-state index contributed by atoms with van der Waals surface area (Å²) in [6.45, 7) is 1.89. The zero-order chi connectivity index (χ0) is 14.0. The van der Waals surface area contributed by atoms with E-state index in [9.17, 15) is 20.1 Å². The first-order valence-corrected chi connectivity index (χ1v) is 6.01. The van der Waals surface area contributed by atoms with Crippen molar-refractivity contribution in [1.29, 1.82) is 0 Å². The van der Waals surface area contributed by atoms with E-state index in [-0.39, 0.29) is 28.3 Å². The number of rotatable bonds is 4. The number of aromatic amines is 1. The molecule has 0 unspecified atom stereocenters. The lowest BCUT2D eigenvalue weighted by Crippen LogP contribution is -2.04. The van der Waals surface area contributed by atoms with Gasteiger partial charge in [0.05, 0.1) is 5.69 Å². The molecule has 0 saturated heterocycles. The maximum Gasteiger partial charge on any atom is 0.216 e. The van der Waals surface area contributed by atoms with Crippen molar-refractivity contribution < 1.29 is 20.1 Å². The maximum absolute atomic E-state index is 12.2. The monoisotopic (exact) mass is 261 g/mol. The van der Waals surface area contributed by atoms with Crippen molar-refractivity contribution >= 4 is 5.78 Å². The summed E-state index contributed by atoms with van der Waals surface area (Å²) in [6, 6.07) is 4.28. The van der Waals surface area contributed by atoms with Crippen LogP contribution >= 0.6 is 0 Å². The van der Waals surface area contributed by atoms with Crippen LogP contribution in [0.15, 0.2) is 24.4 Å². The molecule has 2 rings (SSSR count). The van der Waals surface area contributed by atoms with Gasteiger partial charge in [0.15, 0.2) is 0 Å². The minimum absolute atomic E-state index is 0.191. The van der Waals surface area contributed by atoms with Gasteiger partial charge in [0.25, 0.3) is 0 Å². The number of hydrogen-bond acceptors (Lipinski definition) is 4. The molecule has 0 aliphatic carbocycles. The first kappa shape index (κ1) is 13.0. The van der Waals surface area contributed by atoms with Crippen LogP contribution in [0.3, 0.4) is 0 Å². The number of aromatic nitrogens is 1. The fourth-order valence-electron chi connectivity index (χ4n) is 2.01. The molecule has 4 N–H and O–H groups in total. The Hall–Kier alpha value is -2.43. The van der Waals surface area contributed by atoms with E-state index in [4.69, 9.17) is 0 Å². The van der Waals surface area contributed by atoms with Crippen LogP contribution < -0.4 is 0 Å².